The summed E-state index contributed by atoms with van der Waals surface area (Å²) < 4.78 is 1.01. The number of phenolic OH excluding ortho intramolecular Hbond substituents is 1. The molecule has 0 amide bonds. The van der Waals surface area contributed by atoms with Crippen molar-refractivity contribution in [1.82, 2.24) is 9.80 Å². The zero-order valence-electron chi connectivity index (χ0n) is 12.0. The van der Waals surface area contributed by atoms with E-state index in [1.54, 1.807) is 6.07 Å². The molecular formula is C15H23BrN2O. The largest absolute Gasteiger partial charge is 0.508 e. The van der Waals surface area contributed by atoms with E-state index in [1.165, 1.54) is 19.3 Å². The zero-order valence-corrected chi connectivity index (χ0v) is 13.6. The summed E-state index contributed by atoms with van der Waals surface area (Å²) in [6.07, 6.45) is 3.87. The highest BCUT2D eigenvalue weighted by Crippen LogP contribution is 2.37. The number of likely N-dealkylation sites (N-methyl/N-ethyl adjacent to an activating group) is 2. The lowest BCUT2D eigenvalue weighted by Gasteiger charge is -2.49. The predicted molar refractivity (Wildman–Crippen MR) is 82.4 cm³/mol. The van der Waals surface area contributed by atoms with E-state index < -0.39 is 0 Å². The molecule has 1 saturated carbocycles. The molecule has 0 heterocycles. The second kappa shape index (κ2) is 5.81. The number of hydrogen-bond acceptors (Lipinski definition) is 3. The third kappa shape index (κ3) is 3.30. The van der Waals surface area contributed by atoms with Gasteiger partial charge in [0.25, 0.3) is 0 Å². The monoisotopic (exact) mass is 326 g/mol. The van der Waals surface area contributed by atoms with Crippen LogP contribution in [0.25, 0.3) is 0 Å². The van der Waals surface area contributed by atoms with Gasteiger partial charge in [-0.3, -0.25) is 0 Å². The lowest BCUT2D eigenvalue weighted by atomic mass is 9.75. The van der Waals surface area contributed by atoms with Gasteiger partial charge in [-0.25, -0.2) is 0 Å². The van der Waals surface area contributed by atoms with Crippen LogP contribution < -0.4 is 0 Å². The van der Waals surface area contributed by atoms with Crippen LogP contribution in [0.15, 0.2) is 22.7 Å². The second-order valence-corrected chi connectivity index (χ2v) is 6.83. The molecule has 1 aliphatic carbocycles. The Morgan fingerprint density at radius 3 is 2.47 bits per heavy atom. The molecule has 0 aliphatic heterocycles. The molecule has 3 nitrogen and oxygen atoms in total. The molecule has 1 fully saturated rings. The van der Waals surface area contributed by atoms with Crippen LogP contribution >= 0.6 is 15.9 Å². The fourth-order valence-electron chi connectivity index (χ4n) is 2.86. The van der Waals surface area contributed by atoms with Crippen molar-refractivity contribution in [3.8, 4) is 5.75 Å². The van der Waals surface area contributed by atoms with E-state index in [0.29, 0.717) is 11.3 Å². The van der Waals surface area contributed by atoms with Crippen LogP contribution in [0.5, 0.6) is 5.75 Å². The third-order valence-corrected chi connectivity index (χ3v) is 4.77. The van der Waals surface area contributed by atoms with Crippen molar-refractivity contribution in [2.75, 3.05) is 27.7 Å². The summed E-state index contributed by atoms with van der Waals surface area (Å²) in [7, 11) is 6.47. The van der Waals surface area contributed by atoms with E-state index in [4.69, 9.17) is 0 Å². The Morgan fingerprint density at radius 1 is 1.26 bits per heavy atom. The summed E-state index contributed by atoms with van der Waals surface area (Å²) in [4.78, 5) is 4.66. The minimum Gasteiger partial charge on any atom is -0.508 e. The smallest absolute Gasteiger partial charge is 0.120 e. The fraction of sp³-hybridized carbons (Fsp3) is 0.600. The summed E-state index contributed by atoms with van der Waals surface area (Å²) in [5, 5.41) is 9.90. The zero-order chi connectivity index (χ0) is 14.0. The first-order valence-electron chi connectivity index (χ1n) is 6.76. The molecule has 0 radical (unpaired) electrons. The van der Waals surface area contributed by atoms with E-state index >= 15 is 0 Å². The highest BCUT2D eigenvalue weighted by molar-refractivity contribution is 9.10. The first kappa shape index (κ1) is 14.8. The molecule has 0 unspecified atom stereocenters. The molecule has 1 aliphatic rings. The molecule has 0 aromatic heterocycles. The normalized spacial score (nSPS) is 17.8. The van der Waals surface area contributed by atoms with Gasteiger partial charge in [-0.05, 0) is 58.6 Å². The molecule has 0 atom stereocenters. The maximum absolute atomic E-state index is 9.90. The van der Waals surface area contributed by atoms with Crippen molar-refractivity contribution in [3.63, 3.8) is 0 Å². The van der Waals surface area contributed by atoms with E-state index in [1.807, 2.05) is 12.1 Å². The molecule has 4 heteroatoms. The number of phenols is 1. The maximum Gasteiger partial charge on any atom is 0.120 e. The van der Waals surface area contributed by atoms with E-state index in [-0.39, 0.29) is 0 Å². The minimum absolute atomic E-state index is 0.330. The Morgan fingerprint density at radius 2 is 1.95 bits per heavy atom. The van der Waals surface area contributed by atoms with Crippen LogP contribution in [0.2, 0.25) is 0 Å². The fourth-order valence-corrected chi connectivity index (χ4v) is 3.27. The van der Waals surface area contributed by atoms with Crippen LogP contribution in [0.4, 0.5) is 0 Å². The van der Waals surface area contributed by atoms with Crippen LogP contribution in [-0.4, -0.2) is 48.1 Å². The molecule has 1 aromatic rings. The lowest BCUT2D eigenvalue weighted by molar-refractivity contribution is 0.0257. The Hall–Kier alpha value is -0.580. The van der Waals surface area contributed by atoms with E-state index in [9.17, 15) is 5.11 Å². The standard InChI is InChI=1S/C15H23BrN2O/c1-17(2)15(7-4-8-15)11-18(3)10-12-9-13(16)5-6-14(12)19/h5-6,9,19H,4,7-8,10-11H2,1-3H3. The first-order valence-corrected chi connectivity index (χ1v) is 7.56. The van der Waals surface area contributed by atoms with Crippen molar-refractivity contribution in [2.45, 2.75) is 31.3 Å². The Kier molecular flexibility index (Phi) is 4.54. The van der Waals surface area contributed by atoms with Gasteiger partial charge in [0.15, 0.2) is 0 Å². The van der Waals surface area contributed by atoms with E-state index in [0.717, 1.165) is 23.1 Å². The lowest BCUT2D eigenvalue weighted by Crippen LogP contribution is -2.56. The molecule has 0 bridgehead atoms. The quantitative estimate of drug-likeness (QED) is 0.900. The SMILES string of the molecule is CN(Cc1cc(Br)ccc1O)CC1(N(C)C)CCC1. The number of rotatable bonds is 5. The molecule has 19 heavy (non-hydrogen) atoms. The van der Waals surface area contributed by atoms with Crippen LogP contribution in [0, 0.1) is 0 Å². The Bertz CT molecular complexity index is 444. The first-order chi connectivity index (χ1) is 8.93. The molecule has 1 N–H and O–H groups in total. The van der Waals surface area contributed by atoms with Gasteiger partial charge in [0.05, 0.1) is 0 Å². The summed E-state index contributed by atoms with van der Waals surface area (Å²) in [6.45, 7) is 1.83. The molecule has 0 spiro atoms. The summed E-state index contributed by atoms with van der Waals surface area (Å²) in [6, 6.07) is 5.61. The topological polar surface area (TPSA) is 26.7 Å². The van der Waals surface area contributed by atoms with Gasteiger partial charge >= 0.3 is 0 Å². The molecular weight excluding hydrogens is 304 g/mol. The number of nitrogens with zero attached hydrogens (tertiary/aromatic N) is 2. The average Bonchev–Trinajstić information content (AvgIpc) is 2.28. The van der Waals surface area contributed by atoms with E-state index in [2.05, 4.69) is 46.9 Å². The summed E-state index contributed by atoms with van der Waals surface area (Å²) in [5.41, 5.74) is 1.31. The predicted octanol–water partition coefficient (Wildman–Crippen LogP) is 3.07. The van der Waals surface area contributed by atoms with Crippen LogP contribution in [0.3, 0.4) is 0 Å². The third-order valence-electron chi connectivity index (χ3n) is 4.28. The van der Waals surface area contributed by atoms with Gasteiger partial charge < -0.3 is 14.9 Å². The van der Waals surface area contributed by atoms with Crippen molar-refractivity contribution in [3.05, 3.63) is 28.2 Å². The van der Waals surface area contributed by atoms with Gasteiger partial charge in [0.2, 0.25) is 0 Å². The highest BCUT2D eigenvalue weighted by Gasteiger charge is 2.39. The Balaban J connectivity index is 2.01. The minimum atomic E-state index is 0.330. The highest BCUT2D eigenvalue weighted by atomic mass is 79.9. The molecule has 2 rings (SSSR count). The van der Waals surface area contributed by atoms with Gasteiger partial charge in [-0.2, -0.15) is 0 Å². The van der Waals surface area contributed by atoms with Gasteiger partial charge in [0.1, 0.15) is 5.75 Å². The number of benzene rings is 1. The average molecular weight is 327 g/mol. The molecule has 1 aromatic carbocycles. The van der Waals surface area contributed by atoms with Crippen molar-refractivity contribution < 1.29 is 5.11 Å². The van der Waals surface area contributed by atoms with Crippen molar-refractivity contribution in [1.29, 1.82) is 0 Å². The van der Waals surface area contributed by atoms with Gasteiger partial charge in [0, 0.05) is 28.7 Å². The van der Waals surface area contributed by atoms with Crippen molar-refractivity contribution in [2.24, 2.45) is 0 Å². The summed E-state index contributed by atoms with van der Waals surface area (Å²) >= 11 is 3.46. The van der Waals surface area contributed by atoms with Gasteiger partial charge in [-0.1, -0.05) is 15.9 Å². The molecule has 0 saturated heterocycles. The second-order valence-electron chi connectivity index (χ2n) is 5.92. The number of hydrogen-bond donors (Lipinski definition) is 1. The number of aromatic hydroxyl groups is 1. The number of halogens is 1. The molecule has 106 valence electrons. The maximum atomic E-state index is 9.90. The Labute approximate surface area is 124 Å². The van der Waals surface area contributed by atoms with Crippen LogP contribution in [-0.2, 0) is 6.54 Å². The van der Waals surface area contributed by atoms with Crippen molar-refractivity contribution >= 4 is 15.9 Å². The summed E-state index contributed by atoms with van der Waals surface area (Å²) in [5.74, 6) is 0.377. The van der Waals surface area contributed by atoms with Crippen LogP contribution in [0.1, 0.15) is 24.8 Å². The van der Waals surface area contributed by atoms with Gasteiger partial charge in [-0.15, -0.1) is 0 Å².